The quantitative estimate of drug-likeness (QED) is 0.479. The highest BCUT2D eigenvalue weighted by molar-refractivity contribution is 5.96. The van der Waals surface area contributed by atoms with E-state index in [-0.39, 0.29) is 40.5 Å². The highest BCUT2D eigenvalue weighted by Gasteiger charge is 2.40. The molecule has 1 saturated heterocycles. The van der Waals surface area contributed by atoms with Crippen LogP contribution in [0.15, 0.2) is 24.3 Å². The van der Waals surface area contributed by atoms with Crippen LogP contribution >= 0.6 is 0 Å². The smallest absolute Gasteiger partial charge is 0.416 e. The highest BCUT2D eigenvalue weighted by Crippen LogP contribution is 2.38. The van der Waals surface area contributed by atoms with Gasteiger partial charge in [-0.1, -0.05) is 6.07 Å². The third-order valence-corrected chi connectivity index (χ3v) is 7.50. The lowest BCUT2D eigenvalue weighted by atomic mass is 10.0. The Morgan fingerprint density at radius 3 is 2.71 bits per heavy atom. The van der Waals surface area contributed by atoms with Gasteiger partial charge in [-0.05, 0) is 63.1 Å². The molecule has 5 rings (SSSR count). The molecule has 2 atom stereocenters. The summed E-state index contributed by atoms with van der Waals surface area (Å²) in [6.07, 6.45) is -0.933. The number of aromatic amines is 1. The van der Waals surface area contributed by atoms with E-state index in [2.05, 4.69) is 20.8 Å². The van der Waals surface area contributed by atoms with E-state index in [4.69, 9.17) is 4.74 Å². The number of amides is 3. The average molecular weight is 534 g/mol. The molecule has 2 heterocycles. The fourth-order valence-electron chi connectivity index (χ4n) is 5.11. The Balaban J connectivity index is 1.18. The molecule has 3 aliphatic rings. The van der Waals surface area contributed by atoms with E-state index in [1.165, 1.54) is 17.0 Å². The molecule has 1 aliphatic heterocycles. The Morgan fingerprint density at radius 1 is 1.24 bits per heavy atom. The number of H-pyrrole nitrogens is 1. The van der Waals surface area contributed by atoms with Crippen LogP contribution in [-0.2, 0) is 26.9 Å². The third kappa shape index (κ3) is 5.94. The second-order valence-corrected chi connectivity index (χ2v) is 10.6. The van der Waals surface area contributed by atoms with E-state index in [0.29, 0.717) is 32.2 Å². The topological polar surface area (TPSA) is 116 Å². The van der Waals surface area contributed by atoms with Gasteiger partial charge in [-0.15, -0.1) is 0 Å². The van der Waals surface area contributed by atoms with Crippen LogP contribution < -0.4 is 15.5 Å². The zero-order valence-electron chi connectivity index (χ0n) is 21.0. The second kappa shape index (κ2) is 9.95. The van der Waals surface area contributed by atoms with Crippen molar-refractivity contribution in [1.82, 2.24) is 15.5 Å². The Morgan fingerprint density at radius 2 is 2.03 bits per heavy atom. The molecule has 2 saturated carbocycles. The molecule has 0 bridgehead atoms. The molecule has 1 aromatic carbocycles. The number of ether oxygens (including phenoxy) is 1. The molecule has 3 amide bonds. The second-order valence-electron chi connectivity index (χ2n) is 10.6. The summed E-state index contributed by atoms with van der Waals surface area (Å²) in [5, 5.41) is 12.4. The van der Waals surface area contributed by atoms with Crippen LogP contribution in [0.4, 0.5) is 29.5 Å². The molecular formula is C26H30F3N5O4. The van der Waals surface area contributed by atoms with E-state index in [1.54, 1.807) is 6.07 Å². The van der Waals surface area contributed by atoms with Crippen LogP contribution in [0.2, 0.25) is 0 Å². The lowest BCUT2D eigenvalue weighted by molar-refractivity contribution is -0.138. The number of nitrogens with zero attached hydrogens (tertiary/aromatic N) is 2. The summed E-state index contributed by atoms with van der Waals surface area (Å²) < 4.78 is 46.9. The number of anilines is 2. The fourth-order valence-corrected chi connectivity index (χ4v) is 5.11. The predicted molar refractivity (Wildman–Crippen MR) is 132 cm³/mol. The molecule has 0 spiro atoms. The SMILES string of the molecule is CC1(NC(=O)O[C@@H]2CC[C@@H](c3cc(NC(=O)Cc4ccc(N5CCCC5=O)cc4C(F)(F)F)n[nH]3)C2)CC1. The number of benzene rings is 1. The number of alkyl halides is 3. The molecule has 12 heteroatoms. The summed E-state index contributed by atoms with van der Waals surface area (Å²) in [5.41, 5.74) is -0.336. The highest BCUT2D eigenvalue weighted by atomic mass is 19.4. The number of rotatable bonds is 7. The Kier molecular flexibility index (Phi) is 6.83. The maximum atomic E-state index is 13.8. The van der Waals surface area contributed by atoms with E-state index in [1.807, 2.05) is 6.92 Å². The molecule has 38 heavy (non-hydrogen) atoms. The number of halogens is 3. The van der Waals surface area contributed by atoms with Gasteiger partial charge in [-0.3, -0.25) is 14.7 Å². The number of hydrogen-bond acceptors (Lipinski definition) is 5. The Bertz CT molecular complexity index is 1240. The number of nitrogens with one attached hydrogen (secondary N) is 3. The van der Waals surface area contributed by atoms with Gasteiger partial charge >= 0.3 is 12.3 Å². The van der Waals surface area contributed by atoms with E-state index in [9.17, 15) is 27.6 Å². The van der Waals surface area contributed by atoms with Gasteiger partial charge < -0.3 is 20.3 Å². The van der Waals surface area contributed by atoms with Crippen molar-refractivity contribution in [2.75, 3.05) is 16.8 Å². The lowest BCUT2D eigenvalue weighted by Crippen LogP contribution is -2.36. The minimum atomic E-state index is -4.68. The number of aromatic nitrogens is 2. The van der Waals surface area contributed by atoms with Crippen LogP contribution in [0.5, 0.6) is 0 Å². The first-order valence-electron chi connectivity index (χ1n) is 12.8. The number of alkyl carbamates (subject to hydrolysis) is 1. The summed E-state index contributed by atoms with van der Waals surface area (Å²) in [6, 6.07) is 5.28. The number of carbonyl (C=O) groups is 3. The first kappa shape index (κ1) is 26.1. The van der Waals surface area contributed by atoms with Gasteiger partial charge in [0.1, 0.15) is 6.10 Å². The lowest BCUT2D eigenvalue weighted by Gasteiger charge is -2.19. The maximum Gasteiger partial charge on any atom is 0.416 e. The standard InChI is InChI=1S/C26H30F3N5O4/c1-25(8-9-25)31-24(37)38-18-7-5-16(11-18)20-14-21(33-32-20)30-22(35)12-15-4-6-17(13-19(15)26(27,28)29)34-10-2-3-23(34)36/h4,6,13-14,16,18H,2-3,5,7-12H2,1H3,(H,31,37)(H2,30,32,33,35)/t16-,18-/m1/s1. The van der Waals surface area contributed by atoms with Crippen molar-refractivity contribution in [3.8, 4) is 0 Å². The average Bonchev–Trinajstić information content (AvgIpc) is 3.24. The van der Waals surface area contributed by atoms with Crippen molar-refractivity contribution < 1.29 is 32.3 Å². The Hall–Kier alpha value is -3.57. The zero-order valence-corrected chi connectivity index (χ0v) is 21.0. The van der Waals surface area contributed by atoms with Gasteiger partial charge in [0, 0.05) is 41.9 Å². The maximum absolute atomic E-state index is 13.8. The van der Waals surface area contributed by atoms with Crippen LogP contribution in [0.25, 0.3) is 0 Å². The van der Waals surface area contributed by atoms with Crippen molar-refractivity contribution in [1.29, 1.82) is 0 Å². The molecule has 3 fully saturated rings. The summed E-state index contributed by atoms with van der Waals surface area (Å²) in [6.45, 7) is 2.35. The number of carbonyl (C=O) groups excluding carboxylic acids is 3. The zero-order chi connectivity index (χ0) is 27.1. The summed E-state index contributed by atoms with van der Waals surface area (Å²) in [7, 11) is 0. The van der Waals surface area contributed by atoms with Crippen molar-refractivity contribution in [3.05, 3.63) is 41.1 Å². The largest absolute Gasteiger partial charge is 0.446 e. The molecular weight excluding hydrogens is 503 g/mol. The molecule has 2 aromatic rings. The molecule has 2 aliphatic carbocycles. The third-order valence-electron chi connectivity index (χ3n) is 7.50. The number of hydrogen-bond donors (Lipinski definition) is 3. The van der Waals surface area contributed by atoms with Gasteiger partial charge in [0.25, 0.3) is 0 Å². The Labute approximate surface area is 217 Å². The summed E-state index contributed by atoms with van der Waals surface area (Å²) in [4.78, 5) is 38.0. The molecule has 1 aromatic heterocycles. The van der Waals surface area contributed by atoms with Crippen LogP contribution in [-0.4, -0.2) is 46.3 Å². The van der Waals surface area contributed by atoms with Gasteiger partial charge in [-0.25, -0.2) is 4.79 Å². The van der Waals surface area contributed by atoms with Crippen molar-refractivity contribution in [2.24, 2.45) is 0 Å². The van der Waals surface area contributed by atoms with E-state index in [0.717, 1.165) is 31.0 Å². The normalized spacial score (nSPS) is 22.4. The predicted octanol–water partition coefficient (Wildman–Crippen LogP) is 4.65. The molecule has 204 valence electrons. The minimum Gasteiger partial charge on any atom is -0.446 e. The van der Waals surface area contributed by atoms with Gasteiger partial charge in [0.05, 0.1) is 12.0 Å². The van der Waals surface area contributed by atoms with Crippen LogP contribution in [0, 0.1) is 0 Å². The van der Waals surface area contributed by atoms with Crippen molar-refractivity contribution in [2.45, 2.75) is 82.0 Å². The summed E-state index contributed by atoms with van der Waals surface area (Å²) >= 11 is 0. The molecule has 3 N–H and O–H groups in total. The van der Waals surface area contributed by atoms with Crippen LogP contribution in [0.3, 0.4) is 0 Å². The molecule has 9 nitrogen and oxygen atoms in total. The molecule has 0 unspecified atom stereocenters. The minimum absolute atomic E-state index is 0.0557. The van der Waals surface area contributed by atoms with Gasteiger partial charge in [-0.2, -0.15) is 18.3 Å². The van der Waals surface area contributed by atoms with Crippen molar-refractivity contribution >= 4 is 29.4 Å². The van der Waals surface area contributed by atoms with Crippen LogP contribution in [0.1, 0.15) is 74.6 Å². The first-order chi connectivity index (χ1) is 18.0. The fraction of sp³-hybridized carbons (Fsp3) is 0.538. The molecule has 0 radical (unpaired) electrons. The first-order valence-corrected chi connectivity index (χ1v) is 12.8. The van der Waals surface area contributed by atoms with Gasteiger partial charge in [0.15, 0.2) is 5.82 Å². The monoisotopic (exact) mass is 533 g/mol. The van der Waals surface area contributed by atoms with Crippen molar-refractivity contribution in [3.63, 3.8) is 0 Å². The van der Waals surface area contributed by atoms with E-state index >= 15 is 0 Å². The summed E-state index contributed by atoms with van der Waals surface area (Å²) in [5.74, 6) is -0.591. The van der Waals surface area contributed by atoms with E-state index < -0.39 is 30.2 Å². The van der Waals surface area contributed by atoms with Gasteiger partial charge in [0.2, 0.25) is 11.8 Å².